The first-order chi connectivity index (χ1) is 8.79. The quantitative estimate of drug-likeness (QED) is 0.656. The van der Waals surface area contributed by atoms with Crippen LogP contribution >= 0.6 is 0 Å². The van der Waals surface area contributed by atoms with Crippen molar-refractivity contribution in [3.8, 4) is 0 Å². The van der Waals surface area contributed by atoms with Gasteiger partial charge in [0.25, 0.3) is 0 Å². The second-order valence-electron chi connectivity index (χ2n) is 6.54. The topological polar surface area (TPSA) is 3.24 Å². The van der Waals surface area contributed by atoms with E-state index in [2.05, 4.69) is 30.9 Å². The molecule has 1 nitrogen and oxygen atoms in total. The molecule has 0 aromatic heterocycles. The van der Waals surface area contributed by atoms with E-state index in [0.717, 1.165) is 17.9 Å². The standard InChI is InChI=1S/C17H31N/c1-3-4-5-6-16-11-13-18(14-12-16)17-9-7-15(2)8-10-17/h3-4,15-17H,5-14H2,1-2H3/b4-3+. The first-order valence-electron chi connectivity index (χ1n) is 8.14. The molecule has 0 aromatic rings. The number of allylic oxidation sites excluding steroid dienone is 2. The van der Waals surface area contributed by atoms with E-state index in [0.29, 0.717) is 0 Å². The molecule has 1 heterocycles. The van der Waals surface area contributed by atoms with Gasteiger partial charge in [0.05, 0.1) is 0 Å². The molecule has 2 rings (SSSR count). The average Bonchev–Trinajstić information content (AvgIpc) is 2.41. The summed E-state index contributed by atoms with van der Waals surface area (Å²) in [5.74, 6) is 1.99. The predicted octanol–water partition coefficient (Wildman–Crippen LogP) is 4.63. The van der Waals surface area contributed by atoms with E-state index in [1.54, 1.807) is 0 Å². The lowest BCUT2D eigenvalue weighted by Crippen LogP contribution is -2.43. The smallest absolute Gasteiger partial charge is 0.00954 e. The van der Waals surface area contributed by atoms with Crippen molar-refractivity contribution in [1.82, 2.24) is 4.90 Å². The molecule has 0 unspecified atom stereocenters. The van der Waals surface area contributed by atoms with Crippen molar-refractivity contribution < 1.29 is 0 Å². The van der Waals surface area contributed by atoms with E-state index in [9.17, 15) is 0 Å². The van der Waals surface area contributed by atoms with Gasteiger partial charge in [0.2, 0.25) is 0 Å². The van der Waals surface area contributed by atoms with Crippen LogP contribution in [0.3, 0.4) is 0 Å². The number of hydrogen-bond acceptors (Lipinski definition) is 1. The van der Waals surface area contributed by atoms with Gasteiger partial charge in [-0.25, -0.2) is 0 Å². The van der Waals surface area contributed by atoms with Crippen LogP contribution in [0.5, 0.6) is 0 Å². The Morgan fingerprint density at radius 3 is 2.28 bits per heavy atom. The molecule has 18 heavy (non-hydrogen) atoms. The molecule has 1 saturated heterocycles. The van der Waals surface area contributed by atoms with E-state index in [-0.39, 0.29) is 0 Å². The maximum Gasteiger partial charge on any atom is 0.00954 e. The fourth-order valence-electron chi connectivity index (χ4n) is 3.71. The molecular weight excluding hydrogens is 218 g/mol. The van der Waals surface area contributed by atoms with Crippen LogP contribution in [0.2, 0.25) is 0 Å². The summed E-state index contributed by atoms with van der Waals surface area (Å²) in [7, 11) is 0. The Hall–Kier alpha value is -0.300. The summed E-state index contributed by atoms with van der Waals surface area (Å²) < 4.78 is 0. The van der Waals surface area contributed by atoms with Crippen LogP contribution < -0.4 is 0 Å². The van der Waals surface area contributed by atoms with E-state index >= 15 is 0 Å². The van der Waals surface area contributed by atoms with Gasteiger partial charge >= 0.3 is 0 Å². The van der Waals surface area contributed by atoms with Crippen molar-refractivity contribution in [2.75, 3.05) is 13.1 Å². The van der Waals surface area contributed by atoms with E-state index in [1.807, 2.05) is 0 Å². The minimum atomic E-state index is 0.928. The Bertz CT molecular complexity index is 242. The molecular formula is C17H31N. The Kier molecular flexibility index (Phi) is 5.75. The van der Waals surface area contributed by atoms with Gasteiger partial charge in [-0.05, 0) is 83.2 Å². The van der Waals surface area contributed by atoms with Crippen molar-refractivity contribution >= 4 is 0 Å². The van der Waals surface area contributed by atoms with Gasteiger partial charge in [-0.3, -0.25) is 0 Å². The highest BCUT2D eigenvalue weighted by Crippen LogP contribution is 2.30. The average molecular weight is 249 g/mol. The Labute approximate surface area is 114 Å². The zero-order valence-electron chi connectivity index (χ0n) is 12.4. The molecule has 0 spiro atoms. The van der Waals surface area contributed by atoms with Crippen LogP contribution in [0.15, 0.2) is 12.2 Å². The van der Waals surface area contributed by atoms with Crippen LogP contribution in [-0.2, 0) is 0 Å². The minimum absolute atomic E-state index is 0.928. The van der Waals surface area contributed by atoms with Gasteiger partial charge in [0.15, 0.2) is 0 Å². The van der Waals surface area contributed by atoms with Gasteiger partial charge in [0.1, 0.15) is 0 Å². The molecule has 104 valence electrons. The highest BCUT2D eigenvalue weighted by atomic mass is 15.2. The van der Waals surface area contributed by atoms with Gasteiger partial charge in [0, 0.05) is 6.04 Å². The molecule has 0 N–H and O–H groups in total. The van der Waals surface area contributed by atoms with Crippen molar-refractivity contribution in [2.45, 2.75) is 71.3 Å². The van der Waals surface area contributed by atoms with Gasteiger partial charge in [-0.2, -0.15) is 0 Å². The summed E-state index contributed by atoms with van der Waals surface area (Å²) in [5, 5.41) is 0. The number of nitrogens with zero attached hydrogens (tertiary/aromatic N) is 1. The number of piperidine rings is 1. The van der Waals surface area contributed by atoms with Gasteiger partial charge in [-0.15, -0.1) is 0 Å². The van der Waals surface area contributed by atoms with Crippen LogP contribution in [0.25, 0.3) is 0 Å². The third-order valence-electron chi connectivity index (χ3n) is 5.13. The molecule has 1 heteroatoms. The highest BCUT2D eigenvalue weighted by molar-refractivity contribution is 4.84. The summed E-state index contributed by atoms with van der Waals surface area (Å²) >= 11 is 0. The monoisotopic (exact) mass is 249 g/mol. The lowest BCUT2D eigenvalue weighted by Gasteiger charge is -2.40. The van der Waals surface area contributed by atoms with Gasteiger partial charge in [-0.1, -0.05) is 19.1 Å². The Morgan fingerprint density at radius 2 is 1.67 bits per heavy atom. The zero-order valence-corrected chi connectivity index (χ0v) is 12.4. The molecule has 1 aliphatic carbocycles. The molecule has 0 aromatic carbocycles. The third kappa shape index (κ3) is 4.12. The second kappa shape index (κ2) is 7.33. The molecule has 0 radical (unpaired) electrons. The molecule has 2 aliphatic rings. The fraction of sp³-hybridized carbons (Fsp3) is 0.882. The SMILES string of the molecule is C/C=C/CCC1CCN(C2CCC(C)CC2)CC1. The van der Waals surface area contributed by atoms with Gasteiger partial charge < -0.3 is 4.90 Å². The second-order valence-corrected chi connectivity index (χ2v) is 6.54. The first-order valence-corrected chi connectivity index (χ1v) is 8.14. The number of likely N-dealkylation sites (tertiary alicyclic amines) is 1. The summed E-state index contributed by atoms with van der Waals surface area (Å²) in [4.78, 5) is 2.80. The van der Waals surface area contributed by atoms with Crippen LogP contribution in [0, 0.1) is 11.8 Å². The summed E-state index contributed by atoms with van der Waals surface area (Å²) in [6.07, 6.45) is 16.0. The molecule has 0 atom stereocenters. The lowest BCUT2D eigenvalue weighted by atomic mass is 9.84. The van der Waals surface area contributed by atoms with Crippen molar-refractivity contribution in [1.29, 1.82) is 0 Å². The lowest BCUT2D eigenvalue weighted by molar-refractivity contribution is 0.0948. The van der Waals surface area contributed by atoms with Crippen molar-refractivity contribution in [2.24, 2.45) is 11.8 Å². The molecule has 0 bridgehead atoms. The molecule has 0 amide bonds. The van der Waals surface area contributed by atoms with Crippen molar-refractivity contribution in [3.63, 3.8) is 0 Å². The van der Waals surface area contributed by atoms with Crippen molar-refractivity contribution in [3.05, 3.63) is 12.2 Å². The maximum absolute atomic E-state index is 2.80. The van der Waals surface area contributed by atoms with E-state index in [1.165, 1.54) is 64.5 Å². The molecule has 1 saturated carbocycles. The van der Waals surface area contributed by atoms with E-state index < -0.39 is 0 Å². The first kappa shape index (κ1) is 14.1. The Morgan fingerprint density at radius 1 is 1.00 bits per heavy atom. The van der Waals surface area contributed by atoms with Crippen LogP contribution in [0.1, 0.15) is 65.2 Å². The fourth-order valence-corrected chi connectivity index (χ4v) is 3.71. The third-order valence-corrected chi connectivity index (χ3v) is 5.13. The number of rotatable bonds is 4. The zero-order chi connectivity index (χ0) is 12.8. The number of hydrogen-bond donors (Lipinski definition) is 0. The molecule has 1 aliphatic heterocycles. The normalized spacial score (nSPS) is 32.1. The summed E-state index contributed by atoms with van der Waals surface area (Å²) in [6, 6.07) is 0.928. The minimum Gasteiger partial charge on any atom is -0.300 e. The molecule has 2 fully saturated rings. The van der Waals surface area contributed by atoms with E-state index in [4.69, 9.17) is 0 Å². The Balaban J connectivity index is 1.66. The summed E-state index contributed by atoms with van der Waals surface area (Å²) in [5.41, 5.74) is 0. The van der Waals surface area contributed by atoms with Crippen LogP contribution in [-0.4, -0.2) is 24.0 Å². The van der Waals surface area contributed by atoms with Crippen LogP contribution in [0.4, 0.5) is 0 Å². The predicted molar refractivity (Wildman–Crippen MR) is 79.8 cm³/mol. The maximum atomic E-state index is 2.80. The largest absolute Gasteiger partial charge is 0.300 e. The summed E-state index contributed by atoms with van der Waals surface area (Å²) in [6.45, 7) is 7.30. The highest BCUT2D eigenvalue weighted by Gasteiger charge is 2.27.